The van der Waals surface area contributed by atoms with Crippen LogP contribution in [0.15, 0.2) is 95.5 Å². The monoisotopic (exact) mass is 728 g/mol. The fourth-order valence-corrected chi connectivity index (χ4v) is 5.66. The Morgan fingerprint density at radius 2 is 1.00 bits per heavy atom. The molecule has 0 N–H and O–H groups in total. The van der Waals surface area contributed by atoms with Crippen molar-refractivity contribution in [3.8, 4) is 23.0 Å². The van der Waals surface area contributed by atoms with Gasteiger partial charge in [-0.05, 0) is 67.4 Å². The van der Waals surface area contributed by atoms with E-state index in [4.69, 9.17) is 28.4 Å². The Labute approximate surface area is 295 Å². The summed E-state index contributed by atoms with van der Waals surface area (Å²) in [5.41, 5.74) is 2.13. The Morgan fingerprint density at radius 3 is 1.47 bits per heavy atom. The lowest BCUT2D eigenvalue weighted by molar-refractivity contribution is -0.152. The molecule has 9 heteroatoms. The summed E-state index contributed by atoms with van der Waals surface area (Å²) >= 11 is 3.62. The van der Waals surface area contributed by atoms with Crippen molar-refractivity contribution in [1.82, 2.24) is 0 Å². The van der Waals surface area contributed by atoms with Crippen LogP contribution in [0.1, 0.15) is 37.8 Å². The Morgan fingerprint density at radius 1 is 0.551 bits per heavy atom. The number of hydrogen-bond acceptors (Lipinski definition) is 8. The van der Waals surface area contributed by atoms with Crippen molar-refractivity contribution in [2.75, 3.05) is 26.4 Å². The lowest BCUT2D eigenvalue weighted by Crippen LogP contribution is -2.31. The van der Waals surface area contributed by atoms with Gasteiger partial charge in [-0.25, -0.2) is 0 Å². The van der Waals surface area contributed by atoms with E-state index in [2.05, 4.69) is 15.9 Å². The molecule has 0 aromatic heterocycles. The van der Waals surface area contributed by atoms with Crippen molar-refractivity contribution < 1.29 is 38.0 Å². The maximum absolute atomic E-state index is 12.4. The van der Waals surface area contributed by atoms with E-state index in [-0.39, 0.29) is 51.2 Å². The van der Waals surface area contributed by atoms with Gasteiger partial charge in [0.25, 0.3) is 0 Å². The second-order valence-electron chi connectivity index (χ2n) is 11.7. The number of ether oxygens (including phenoxy) is 6. The highest BCUT2D eigenvalue weighted by Crippen LogP contribution is 2.44. The van der Waals surface area contributed by atoms with Crippen molar-refractivity contribution in [3.63, 3.8) is 0 Å². The minimum atomic E-state index is -0.660. The van der Waals surface area contributed by atoms with E-state index < -0.39 is 12.2 Å². The SMILES string of the molecule is CCC(=O)OC(COc1cccc(C)c1)COc1c2ccccc2c(OCC(COc2cccc(C)c2)OC(=O)CC)c2cc(Br)ccc12. The van der Waals surface area contributed by atoms with Gasteiger partial charge in [0.2, 0.25) is 0 Å². The maximum Gasteiger partial charge on any atom is 0.306 e. The first kappa shape index (κ1) is 35.5. The number of benzene rings is 5. The van der Waals surface area contributed by atoms with Gasteiger partial charge in [0.05, 0.1) is 0 Å². The van der Waals surface area contributed by atoms with Crippen LogP contribution in [0, 0.1) is 13.8 Å². The highest BCUT2D eigenvalue weighted by Gasteiger charge is 2.23. The summed E-state index contributed by atoms with van der Waals surface area (Å²) in [6, 6.07) is 29.1. The molecular formula is C40H41BrO8. The van der Waals surface area contributed by atoms with E-state index >= 15 is 0 Å². The third kappa shape index (κ3) is 9.66. The molecule has 5 aromatic rings. The number of aryl methyl sites for hydroxylation is 2. The molecular weight excluding hydrogens is 688 g/mol. The zero-order valence-electron chi connectivity index (χ0n) is 28.2. The molecule has 5 rings (SSSR count). The van der Waals surface area contributed by atoms with Crippen molar-refractivity contribution >= 4 is 49.4 Å². The molecule has 0 amide bonds. The largest absolute Gasteiger partial charge is 0.490 e. The van der Waals surface area contributed by atoms with Crippen LogP contribution >= 0.6 is 15.9 Å². The lowest BCUT2D eigenvalue weighted by Gasteiger charge is -2.23. The van der Waals surface area contributed by atoms with Crippen molar-refractivity contribution in [3.05, 3.63) is 107 Å². The average molecular weight is 730 g/mol. The van der Waals surface area contributed by atoms with Crippen LogP contribution in [0.5, 0.6) is 23.0 Å². The van der Waals surface area contributed by atoms with E-state index in [0.717, 1.165) is 37.1 Å². The molecule has 2 unspecified atom stereocenters. The average Bonchev–Trinajstić information content (AvgIpc) is 3.10. The Kier molecular flexibility index (Phi) is 12.4. The molecule has 0 bridgehead atoms. The van der Waals surface area contributed by atoms with Crippen LogP contribution in [-0.4, -0.2) is 50.6 Å². The molecule has 0 fully saturated rings. The summed E-state index contributed by atoms with van der Waals surface area (Å²) in [4.78, 5) is 24.7. The third-order valence-electron chi connectivity index (χ3n) is 7.74. The molecule has 0 heterocycles. The number of carbonyl (C=O) groups is 2. The fraction of sp³-hybridized carbons (Fsp3) is 0.300. The van der Waals surface area contributed by atoms with E-state index in [9.17, 15) is 9.59 Å². The summed E-state index contributed by atoms with van der Waals surface area (Å²) < 4.78 is 37.4. The van der Waals surface area contributed by atoms with Crippen LogP contribution in [0.4, 0.5) is 0 Å². The predicted octanol–water partition coefficient (Wildman–Crippen LogP) is 8.93. The van der Waals surface area contributed by atoms with Gasteiger partial charge in [0.1, 0.15) is 49.4 Å². The quantitative estimate of drug-likeness (QED) is 0.0735. The van der Waals surface area contributed by atoms with Gasteiger partial charge in [-0.2, -0.15) is 0 Å². The van der Waals surface area contributed by atoms with Crippen molar-refractivity contribution in [1.29, 1.82) is 0 Å². The number of carbonyl (C=O) groups excluding carboxylic acids is 2. The number of esters is 2. The minimum absolute atomic E-state index is 0.0642. The first-order valence-corrected chi connectivity index (χ1v) is 17.2. The number of halogens is 1. The molecule has 0 radical (unpaired) electrons. The summed E-state index contributed by atoms with van der Waals surface area (Å²) in [5.74, 6) is 1.93. The molecule has 0 aliphatic rings. The molecule has 0 saturated heterocycles. The van der Waals surface area contributed by atoms with Gasteiger partial charge < -0.3 is 28.4 Å². The van der Waals surface area contributed by atoms with Gasteiger partial charge in [-0.15, -0.1) is 0 Å². The van der Waals surface area contributed by atoms with Crippen molar-refractivity contribution in [2.24, 2.45) is 0 Å². The zero-order chi connectivity index (χ0) is 34.8. The standard InChI is InChI=1S/C40H41BrO8/c1-5-37(42)48-31(22-44-29-13-9-11-26(3)19-29)24-46-39-33-15-7-8-16-34(33)40(36-21-28(41)17-18-35(36)39)47-25-32(49-38(43)6-2)23-45-30-14-10-12-27(4)20-30/h7-21,31-32H,5-6,22-25H2,1-4H3. The summed E-state index contributed by atoms with van der Waals surface area (Å²) in [5, 5.41) is 3.21. The highest BCUT2D eigenvalue weighted by atomic mass is 79.9. The lowest BCUT2D eigenvalue weighted by atomic mass is 10.0. The van der Waals surface area contributed by atoms with Crippen LogP contribution in [0.2, 0.25) is 0 Å². The molecule has 0 aliphatic heterocycles. The van der Waals surface area contributed by atoms with Gasteiger partial charge in [0, 0.05) is 38.9 Å². The van der Waals surface area contributed by atoms with E-state index in [1.54, 1.807) is 13.8 Å². The highest BCUT2D eigenvalue weighted by molar-refractivity contribution is 9.10. The minimum Gasteiger partial charge on any atom is -0.490 e. The fourth-order valence-electron chi connectivity index (χ4n) is 5.29. The first-order chi connectivity index (χ1) is 23.7. The normalized spacial score (nSPS) is 12.3. The van der Waals surface area contributed by atoms with Gasteiger partial charge >= 0.3 is 11.9 Å². The molecule has 0 saturated carbocycles. The maximum atomic E-state index is 12.4. The van der Waals surface area contributed by atoms with Crippen LogP contribution < -0.4 is 18.9 Å². The molecule has 5 aromatic carbocycles. The molecule has 2 atom stereocenters. The van der Waals surface area contributed by atoms with Crippen LogP contribution in [-0.2, 0) is 19.1 Å². The van der Waals surface area contributed by atoms with E-state index in [1.807, 2.05) is 105 Å². The van der Waals surface area contributed by atoms with E-state index in [0.29, 0.717) is 23.0 Å². The number of fused-ring (bicyclic) bond motifs is 2. The van der Waals surface area contributed by atoms with Crippen molar-refractivity contribution in [2.45, 2.75) is 52.7 Å². The van der Waals surface area contributed by atoms with Crippen LogP contribution in [0.3, 0.4) is 0 Å². The first-order valence-electron chi connectivity index (χ1n) is 16.4. The molecule has 8 nitrogen and oxygen atoms in total. The molecule has 0 spiro atoms. The molecule has 0 aliphatic carbocycles. The Balaban J connectivity index is 1.43. The predicted molar refractivity (Wildman–Crippen MR) is 194 cm³/mol. The summed E-state index contributed by atoms with van der Waals surface area (Å²) in [7, 11) is 0. The van der Waals surface area contributed by atoms with Crippen LogP contribution in [0.25, 0.3) is 21.5 Å². The van der Waals surface area contributed by atoms with E-state index in [1.165, 1.54) is 0 Å². The molecule has 256 valence electrons. The Hall–Kier alpha value is -4.76. The van der Waals surface area contributed by atoms with Gasteiger partial charge in [-0.3, -0.25) is 9.59 Å². The summed E-state index contributed by atoms with van der Waals surface area (Å²) in [6.45, 7) is 7.86. The smallest absolute Gasteiger partial charge is 0.306 e. The zero-order valence-corrected chi connectivity index (χ0v) is 29.8. The summed E-state index contributed by atoms with van der Waals surface area (Å²) in [6.07, 6.45) is -0.851. The number of rotatable bonds is 16. The third-order valence-corrected chi connectivity index (χ3v) is 8.23. The Bertz CT molecular complexity index is 1910. The molecule has 49 heavy (non-hydrogen) atoms. The second kappa shape index (κ2) is 17.1. The van der Waals surface area contributed by atoms with Gasteiger partial charge in [0.15, 0.2) is 12.2 Å². The number of hydrogen-bond donors (Lipinski definition) is 0. The van der Waals surface area contributed by atoms with Gasteiger partial charge in [-0.1, -0.05) is 78.3 Å². The second-order valence-corrected chi connectivity index (χ2v) is 12.6. The topological polar surface area (TPSA) is 89.5 Å².